The van der Waals surface area contributed by atoms with Crippen LogP contribution in [0.25, 0.3) is 0 Å². The molecule has 0 saturated heterocycles. The Hall–Kier alpha value is -2.74. The van der Waals surface area contributed by atoms with Gasteiger partial charge in [0.2, 0.25) is 5.88 Å². The number of pyridine rings is 1. The van der Waals surface area contributed by atoms with Crippen molar-refractivity contribution in [3.63, 3.8) is 0 Å². The van der Waals surface area contributed by atoms with Crippen LogP contribution in [0.2, 0.25) is 0 Å². The van der Waals surface area contributed by atoms with Gasteiger partial charge in [-0.3, -0.25) is 4.90 Å². The SMILES string of the molecule is Cc1cc(CN2CCn3c(COc4ccccn4)nnc3C2C)no1. The van der Waals surface area contributed by atoms with Gasteiger partial charge in [-0.2, -0.15) is 0 Å². The first kappa shape index (κ1) is 15.8. The Morgan fingerprint density at radius 1 is 1.28 bits per heavy atom. The molecule has 3 aromatic heterocycles. The summed E-state index contributed by atoms with van der Waals surface area (Å²) in [6.07, 6.45) is 1.71. The molecule has 4 heterocycles. The van der Waals surface area contributed by atoms with Gasteiger partial charge in [0.05, 0.1) is 11.7 Å². The predicted molar refractivity (Wildman–Crippen MR) is 88.7 cm³/mol. The lowest BCUT2D eigenvalue weighted by Crippen LogP contribution is -2.37. The molecule has 25 heavy (non-hydrogen) atoms. The largest absolute Gasteiger partial charge is 0.469 e. The topological polar surface area (TPSA) is 82.1 Å². The van der Waals surface area contributed by atoms with Crippen molar-refractivity contribution in [3.05, 3.63) is 53.6 Å². The molecule has 130 valence electrons. The molecule has 0 saturated carbocycles. The minimum Gasteiger partial charge on any atom is -0.469 e. The van der Waals surface area contributed by atoms with Gasteiger partial charge in [0, 0.05) is 38.0 Å². The van der Waals surface area contributed by atoms with Crippen LogP contribution in [0.3, 0.4) is 0 Å². The number of rotatable bonds is 5. The minimum atomic E-state index is 0.154. The van der Waals surface area contributed by atoms with E-state index in [0.29, 0.717) is 12.5 Å². The Kier molecular flexibility index (Phi) is 4.19. The molecular weight excluding hydrogens is 320 g/mol. The highest BCUT2D eigenvalue weighted by Gasteiger charge is 2.28. The molecule has 0 radical (unpaired) electrons. The molecule has 0 spiro atoms. The van der Waals surface area contributed by atoms with E-state index in [-0.39, 0.29) is 6.04 Å². The summed E-state index contributed by atoms with van der Waals surface area (Å²) in [5.74, 6) is 3.19. The number of aryl methyl sites for hydroxylation is 1. The van der Waals surface area contributed by atoms with Gasteiger partial charge in [0.25, 0.3) is 0 Å². The van der Waals surface area contributed by atoms with Crippen LogP contribution in [0.1, 0.15) is 36.1 Å². The van der Waals surface area contributed by atoms with Crippen LogP contribution in [-0.4, -0.2) is 36.3 Å². The van der Waals surface area contributed by atoms with E-state index in [2.05, 4.69) is 36.7 Å². The van der Waals surface area contributed by atoms with E-state index in [4.69, 9.17) is 9.26 Å². The fourth-order valence-corrected chi connectivity index (χ4v) is 3.08. The van der Waals surface area contributed by atoms with Gasteiger partial charge in [0.15, 0.2) is 5.82 Å². The highest BCUT2D eigenvalue weighted by Crippen LogP contribution is 2.26. The Labute approximate surface area is 145 Å². The standard InChI is InChI=1S/C17H20N6O2/c1-12-9-14(21-25-12)10-22-7-8-23-15(19-20-17(23)13(22)2)11-24-16-5-3-4-6-18-16/h3-6,9,13H,7-8,10-11H2,1-2H3. The van der Waals surface area contributed by atoms with E-state index >= 15 is 0 Å². The second-order valence-electron chi connectivity index (χ2n) is 6.16. The lowest BCUT2D eigenvalue weighted by molar-refractivity contribution is 0.148. The molecule has 4 rings (SSSR count). The fraction of sp³-hybridized carbons (Fsp3) is 0.412. The number of hydrogen-bond acceptors (Lipinski definition) is 7. The van der Waals surface area contributed by atoms with Gasteiger partial charge in [0.1, 0.15) is 18.2 Å². The zero-order chi connectivity index (χ0) is 17.2. The van der Waals surface area contributed by atoms with Crippen molar-refractivity contribution < 1.29 is 9.26 Å². The molecule has 0 amide bonds. The van der Waals surface area contributed by atoms with Gasteiger partial charge in [-0.25, -0.2) is 4.98 Å². The summed E-state index contributed by atoms with van der Waals surface area (Å²) in [6.45, 7) is 6.86. The van der Waals surface area contributed by atoms with Crippen LogP contribution in [-0.2, 0) is 19.7 Å². The van der Waals surface area contributed by atoms with E-state index in [1.807, 2.05) is 31.2 Å². The molecule has 0 aliphatic carbocycles. The quantitative estimate of drug-likeness (QED) is 0.703. The first-order valence-corrected chi connectivity index (χ1v) is 8.33. The lowest BCUT2D eigenvalue weighted by Gasteiger charge is -2.32. The molecular formula is C17H20N6O2. The van der Waals surface area contributed by atoms with E-state index in [1.165, 1.54) is 0 Å². The second-order valence-corrected chi connectivity index (χ2v) is 6.16. The Bertz CT molecular complexity index is 844. The van der Waals surface area contributed by atoms with Crippen LogP contribution in [0.5, 0.6) is 5.88 Å². The molecule has 8 heteroatoms. The highest BCUT2D eigenvalue weighted by molar-refractivity contribution is 5.11. The van der Waals surface area contributed by atoms with Crippen molar-refractivity contribution in [2.24, 2.45) is 0 Å². The lowest BCUT2D eigenvalue weighted by atomic mass is 10.2. The van der Waals surface area contributed by atoms with Gasteiger partial charge in [-0.05, 0) is 19.9 Å². The Balaban J connectivity index is 1.45. The average molecular weight is 340 g/mol. The van der Waals surface area contributed by atoms with Crippen LogP contribution >= 0.6 is 0 Å². The molecule has 0 N–H and O–H groups in total. The predicted octanol–water partition coefficient (Wildman–Crippen LogP) is 2.13. The van der Waals surface area contributed by atoms with Gasteiger partial charge in [-0.1, -0.05) is 11.2 Å². The maximum atomic E-state index is 5.71. The first-order valence-electron chi connectivity index (χ1n) is 8.33. The summed E-state index contributed by atoms with van der Waals surface area (Å²) >= 11 is 0. The third-order valence-corrected chi connectivity index (χ3v) is 4.42. The van der Waals surface area contributed by atoms with E-state index < -0.39 is 0 Å². The molecule has 0 fully saturated rings. The van der Waals surface area contributed by atoms with Crippen LogP contribution in [0.15, 0.2) is 35.0 Å². The Morgan fingerprint density at radius 3 is 2.96 bits per heavy atom. The monoisotopic (exact) mass is 340 g/mol. The van der Waals surface area contributed by atoms with Gasteiger partial charge >= 0.3 is 0 Å². The number of nitrogens with zero attached hydrogens (tertiary/aromatic N) is 6. The van der Waals surface area contributed by atoms with Crippen molar-refractivity contribution >= 4 is 0 Å². The van der Waals surface area contributed by atoms with Gasteiger partial charge in [-0.15, -0.1) is 10.2 Å². The molecule has 0 aromatic carbocycles. The van der Waals surface area contributed by atoms with Crippen molar-refractivity contribution in [2.75, 3.05) is 6.54 Å². The molecule has 1 atom stereocenters. The molecule has 3 aromatic rings. The number of hydrogen-bond donors (Lipinski definition) is 0. The van der Waals surface area contributed by atoms with Crippen molar-refractivity contribution in [2.45, 2.75) is 39.6 Å². The second kappa shape index (κ2) is 6.64. The summed E-state index contributed by atoms with van der Waals surface area (Å²) in [5.41, 5.74) is 0.941. The highest BCUT2D eigenvalue weighted by atomic mass is 16.5. The number of aromatic nitrogens is 5. The zero-order valence-electron chi connectivity index (χ0n) is 14.3. The smallest absolute Gasteiger partial charge is 0.213 e. The summed E-state index contributed by atoms with van der Waals surface area (Å²) in [4.78, 5) is 6.49. The maximum absolute atomic E-state index is 5.71. The summed E-state index contributed by atoms with van der Waals surface area (Å²) in [5, 5.41) is 12.8. The third-order valence-electron chi connectivity index (χ3n) is 4.42. The van der Waals surface area contributed by atoms with Crippen molar-refractivity contribution in [1.29, 1.82) is 0 Å². The molecule has 8 nitrogen and oxygen atoms in total. The van der Waals surface area contributed by atoms with E-state index in [0.717, 1.165) is 42.7 Å². The molecule has 1 aliphatic rings. The van der Waals surface area contributed by atoms with Crippen molar-refractivity contribution in [1.82, 2.24) is 29.8 Å². The van der Waals surface area contributed by atoms with E-state index in [9.17, 15) is 0 Å². The van der Waals surface area contributed by atoms with Crippen LogP contribution in [0, 0.1) is 6.92 Å². The molecule has 1 unspecified atom stereocenters. The van der Waals surface area contributed by atoms with E-state index in [1.54, 1.807) is 6.20 Å². The van der Waals surface area contributed by atoms with Crippen molar-refractivity contribution in [3.8, 4) is 5.88 Å². The maximum Gasteiger partial charge on any atom is 0.213 e. The van der Waals surface area contributed by atoms with Crippen LogP contribution < -0.4 is 4.74 Å². The third kappa shape index (κ3) is 3.25. The van der Waals surface area contributed by atoms with Crippen LogP contribution in [0.4, 0.5) is 0 Å². The molecule has 0 bridgehead atoms. The number of ether oxygens (including phenoxy) is 1. The average Bonchev–Trinajstić information content (AvgIpc) is 3.23. The molecule has 1 aliphatic heterocycles. The van der Waals surface area contributed by atoms with Gasteiger partial charge < -0.3 is 13.8 Å². The Morgan fingerprint density at radius 2 is 2.20 bits per heavy atom. The summed E-state index contributed by atoms with van der Waals surface area (Å²) < 4.78 is 13.0. The summed E-state index contributed by atoms with van der Waals surface area (Å²) in [7, 11) is 0. The normalized spacial score (nSPS) is 17.4. The zero-order valence-corrected chi connectivity index (χ0v) is 14.3. The summed E-state index contributed by atoms with van der Waals surface area (Å²) in [6, 6.07) is 7.71. The fourth-order valence-electron chi connectivity index (χ4n) is 3.08. The minimum absolute atomic E-state index is 0.154. The first-order chi connectivity index (χ1) is 12.2. The number of fused-ring (bicyclic) bond motifs is 1.